The van der Waals surface area contributed by atoms with E-state index in [1.54, 1.807) is 7.11 Å². The molecule has 0 bridgehead atoms. The van der Waals surface area contributed by atoms with Gasteiger partial charge in [-0.2, -0.15) is 0 Å². The Morgan fingerprint density at radius 2 is 1.47 bits per heavy atom. The van der Waals surface area contributed by atoms with Gasteiger partial charge in [-0.15, -0.1) is 0 Å². The number of methoxy groups -OCH3 is 1. The van der Waals surface area contributed by atoms with Crippen molar-refractivity contribution >= 4 is 46.7 Å². The first-order valence-electron chi connectivity index (χ1n) is 11.2. The van der Waals surface area contributed by atoms with E-state index in [4.69, 9.17) is 4.74 Å². The van der Waals surface area contributed by atoms with Crippen LogP contribution in [0.25, 0.3) is 10.9 Å². The van der Waals surface area contributed by atoms with E-state index in [-0.39, 0.29) is 15.8 Å². The molecule has 0 aliphatic carbocycles. The van der Waals surface area contributed by atoms with Crippen LogP contribution in [0.5, 0.6) is 5.75 Å². The van der Waals surface area contributed by atoms with Crippen LogP contribution in [0.2, 0.25) is 0 Å². The first kappa shape index (κ1) is 22.2. The number of pyridine rings is 2. The first-order chi connectivity index (χ1) is 16.7. The maximum absolute atomic E-state index is 5.41. The Hall–Kier alpha value is -3.62. The van der Waals surface area contributed by atoms with Gasteiger partial charge in [-0.25, -0.2) is 0 Å². The topological polar surface area (TPSA) is 47.0 Å². The molecule has 0 amide bonds. The molecule has 34 heavy (non-hydrogen) atoms. The molecule has 167 valence electrons. The molecule has 0 fully saturated rings. The Kier molecular flexibility index (Phi) is 6.60. The van der Waals surface area contributed by atoms with Crippen molar-refractivity contribution in [2.75, 3.05) is 12.4 Å². The van der Waals surface area contributed by atoms with Crippen molar-refractivity contribution in [1.29, 1.82) is 0 Å². The molecule has 3 aromatic carbocycles. The number of hydrogen-bond donors (Lipinski definition) is 1. The summed E-state index contributed by atoms with van der Waals surface area (Å²) in [4.78, 5) is 8.75. The normalized spacial score (nSPS) is 11.2. The number of aromatic nitrogens is 2. The average Bonchev–Trinajstić information content (AvgIpc) is 2.87. The zero-order chi connectivity index (χ0) is 23.3. The molecule has 0 saturated heterocycles. The predicted octanol–water partition coefficient (Wildman–Crippen LogP) is 4.94. The molecule has 0 unspecified atom stereocenters. The van der Waals surface area contributed by atoms with E-state index in [0.29, 0.717) is 0 Å². The number of ether oxygens (including phenoxy) is 1. The Bertz CT molecular complexity index is 1400. The second kappa shape index (κ2) is 10.1. The van der Waals surface area contributed by atoms with Crippen LogP contribution >= 0.6 is 0 Å². The van der Waals surface area contributed by atoms with E-state index in [2.05, 4.69) is 82.0 Å². The minimum absolute atomic E-state index is 0.00628. The fourth-order valence-corrected chi connectivity index (χ4v) is 5.76. The first-order valence-corrected chi connectivity index (χ1v) is 13.1. The summed E-state index contributed by atoms with van der Waals surface area (Å²) in [7, 11) is 1.68. The summed E-state index contributed by atoms with van der Waals surface area (Å²) in [6.07, 6.45) is 4.65. The van der Waals surface area contributed by atoms with Gasteiger partial charge in [0.25, 0.3) is 0 Å². The molecule has 4 nitrogen and oxygen atoms in total. The number of benzene rings is 3. The van der Waals surface area contributed by atoms with Crippen molar-refractivity contribution in [3.05, 3.63) is 114 Å². The number of nitrogens with one attached hydrogen (secondary N) is 1. The summed E-state index contributed by atoms with van der Waals surface area (Å²) in [5.74, 6) is 0.824. The van der Waals surface area contributed by atoms with Crippen LogP contribution in [0.15, 0.2) is 97.3 Å². The SMILES string of the molecule is COc1ccc2nc(C)cc(Nc3ccc(Cc4ccc([As]c5ccncc5)cc4)cc3)c2c1. The summed E-state index contributed by atoms with van der Waals surface area (Å²) in [5.41, 5.74) is 6.62. The van der Waals surface area contributed by atoms with E-state index in [9.17, 15) is 0 Å². The molecule has 0 atom stereocenters. The van der Waals surface area contributed by atoms with Gasteiger partial charge in [-0.1, -0.05) is 0 Å². The molecule has 0 saturated carbocycles. The van der Waals surface area contributed by atoms with Crippen molar-refractivity contribution in [3.63, 3.8) is 0 Å². The Morgan fingerprint density at radius 1 is 0.794 bits per heavy atom. The van der Waals surface area contributed by atoms with E-state index in [1.807, 2.05) is 37.5 Å². The maximum atomic E-state index is 5.41. The predicted molar refractivity (Wildman–Crippen MR) is 141 cm³/mol. The minimum atomic E-state index is 0.00628. The van der Waals surface area contributed by atoms with E-state index >= 15 is 0 Å². The van der Waals surface area contributed by atoms with Crippen LogP contribution in [0.4, 0.5) is 11.4 Å². The average molecular weight is 506 g/mol. The van der Waals surface area contributed by atoms with Gasteiger partial charge in [0.2, 0.25) is 0 Å². The third-order valence-electron chi connectivity index (χ3n) is 5.64. The minimum Gasteiger partial charge on any atom is -0.00845 e. The van der Waals surface area contributed by atoms with Crippen LogP contribution in [-0.2, 0) is 6.42 Å². The van der Waals surface area contributed by atoms with Crippen molar-refractivity contribution in [2.24, 2.45) is 0 Å². The van der Waals surface area contributed by atoms with Gasteiger partial charge in [0.1, 0.15) is 5.75 Å². The van der Waals surface area contributed by atoms with Gasteiger partial charge < -0.3 is 4.74 Å². The molecule has 0 aliphatic rings. The molecule has 2 heterocycles. The number of fused-ring (bicyclic) bond motifs is 1. The molecule has 1 N–H and O–H groups in total. The third kappa shape index (κ3) is 5.30. The fourth-order valence-electron chi connectivity index (χ4n) is 3.92. The van der Waals surface area contributed by atoms with Crippen molar-refractivity contribution in [2.45, 2.75) is 13.3 Å². The summed E-state index contributed by atoms with van der Waals surface area (Å²) < 4.78 is 8.19. The van der Waals surface area contributed by atoms with Crippen LogP contribution in [0, 0.1) is 6.92 Å². The Morgan fingerprint density at radius 3 is 2.18 bits per heavy atom. The molecule has 5 rings (SSSR count). The Balaban J connectivity index is 1.28. The fraction of sp³-hybridized carbons (Fsp3) is 0.103. The molecule has 1 radical (unpaired) electrons. The van der Waals surface area contributed by atoms with Crippen LogP contribution in [-0.4, -0.2) is 32.8 Å². The summed E-state index contributed by atoms with van der Waals surface area (Å²) in [6, 6.07) is 29.9. The van der Waals surface area contributed by atoms with Gasteiger partial charge in [0.15, 0.2) is 0 Å². The van der Waals surface area contributed by atoms with Crippen LogP contribution in [0.3, 0.4) is 0 Å². The van der Waals surface area contributed by atoms with Crippen molar-refractivity contribution < 1.29 is 4.74 Å². The molecule has 5 aromatic rings. The smallest absolute Gasteiger partial charge is 0.00845 e. The Labute approximate surface area is 206 Å². The molecular weight excluding hydrogens is 481 g/mol. The van der Waals surface area contributed by atoms with E-state index in [1.165, 1.54) is 19.8 Å². The second-order valence-corrected chi connectivity index (χ2v) is 10.8. The van der Waals surface area contributed by atoms with Gasteiger partial charge >= 0.3 is 148 Å². The third-order valence-corrected chi connectivity index (χ3v) is 7.98. The van der Waals surface area contributed by atoms with Gasteiger partial charge in [0.05, 0.1) is 12.6 Å². The van der Waals surface area contributed by atoms with Crippen molar-refractivity contribution in [3.8, 4) is 5.75 Å². The number of aryl methyl sites for hydroxylation is 1. The van der Waals surface area contributed by atoms with Crippen LogP contribution in [0.1, 0.15) is 16.8 Å². The number of anilines is 2. The monoisotopic (exact) mass is 506 g/mol. The van der Waals surface area contributed by atoms with Crippen LogP contribution < -0.4 is 18.8 Å². The van der Waals surface area contributed by atoms with Gasteiger partial charge in [0, 0.05) is 5.69 Å². The zero-order valence-corrected chi connectivity index (χ0v) is 21.1. The number of rotatable bonds is 7. The molecule has 0 spiro atoms. The van der Waals surface area contributed by atoms with Gasteiger partial charge in [-0.05, 0) is 25.1 Å². The summed E-state index contributed by atoms with van der Waals surface area (Å²) in [5, 5.41) is 4.61. The molecular formula is C29H25AsN3O. The molecule has 2 aromatic heterocycles. The van der Waals surface area contributed by atoms with E-state index in [0.717, 1.165) is 40.1 Å². The van der Waals surface area contributed by atoms with E-state index < -0.39 is 0 Å². The number of nitrogens with zero attached hydrogens (tertiary/aromatic N) is 2. The second-order valence-electron chi connectivity index (χ2n) is 8.18. The quantitative estimate of drug-likeness (QED) is 0.318. The summed E-state index contributed by atoms with van der Waals surface area (Å²) >= 11 is 0.00628. The molecule has 5 heteroatoms. The summed E-state index contributed by atoms with van der Waals surface area (Å²) in [6.45, 7) is 2.02. The van der Waals surface area contributed by atoms with Gasteiger partial charge in [-0.3, -0.25) is 4.98 Å². The standard InChI is InChI=1S/C29H25AsN3O/c1-20-17-29(27-19-26(34-2)11-12-28(27)32-20)33-25-9-5-22(6-10-25)18-21-3-7-23(8-4-21)30-24-13-15-31-16-14-24/h3-17,19H,18H2,1-2H3,(H,32,33). The van der Waals surface area contributed by atoms with Crippen molar-refractivity contribution in [1.82, 2.24) is 9.97 Å². The zero-order valence-electron chi connectivity index (χ0n) is 19.2. The molecule has 0 aliphatic heterocycles. The number of hydrogen-bond acceptors (Lipinski definition) is 4.